The number of nitrogens with one attached hydrogen (secondary N) is 1. The molecule has 0 fully saturated rings. The van der Waals surface area contributed by atoms with Crippen LogP contribution in [0.25, 0.3) is 0 Å². The Bertz CT molecular complexity index is 585. The lowest BCUT2D eigenvalue weighted by molar-refractivity contribution is -0.138. The van der Waals surface area contributed by atoms with Gasteiger partial charge in [-0.25, -0.2) is 4.98 Å². The normalized spacial score (nSPS) is 11.9. The van der Waals surface area contributed by atoms with Gasteiger partial charge in [0.1, 0.15) is 11.8 Å². The van der Waals surface area contributed by atoms with Gasteiger partial charge >= 0.3 is 5.97 Å². The van der Waals surface area contributed by atoms with Crippen molar-refractivity contribution >= 4 is 28.1 Å². The number of hydrogen-bond acceptors (Lipinski definition) is 6. The van der Waals surface area contributed by atoms with Crippen LogP contribution in [0.5, 0.6) is 5.75 Å². The summed E-state index contributed by atoms with van der Waals surface area (Å²) in [5, 5.41) is 14.1. The Balaban J connectivity index is 2.13. The van der Waals surface area contributed by atoms with Crippen LogP contribution < -0.4 is 15.8 Å². The molecule has 0 radical (unpaired) electrons. The molecule has 2 rings (SSSR count). The van der Waals surface area contributed by atoms with Gasteiger partial charge in [-0.3, -0.25) is 4.79 Å². The smallest absolute Gasteiger partial charge is 0.326 e. The maximum Gasteiger partial charge on any atom is 0.326 e. The van der Waals surface area contributed by atoms with Gasteiger partial charge in [0.05, 0.1) is 12.8 Å². The standard InChI is InChI=1S/C12H13N3O3S/c1-18-8-4-2-3-7(5-8)14-12-15-9(6-19-12)10(13)11(16)17/h2-6,10H,13H2,1H3,(H,14,15)(H,16,17). The number of methoxy groups -OCH3 is 1. The first-order valence-electron chi connectivity index (χ1n) is 5.45. The molecule has 0 bridgehead atoms. The number of ether oxygens (including phenoxy) is 1. The minimum absolute atomic E-state index is 0.336. The van der Waals surface area contributed by atoms with E-state index in [1.807, 2.05) is 24.3 Å². The van der Waals surface area contributed by atoms with Crippen LogP contribution in [-0.2, 0) is 4.79 Å². The molecule has 2 aromatic rings. The Morgan fingerprint density at radius 1 is 1.58 bits per heavy atom. The second-order valence-corrected chi connectivity index (χ2v) is 4.61. The molecule has 0 saturated carbocycles. The van der Waals surface area contributed by atoms with Gasteiger partial charge < -0.3 is 20.9 Å². The highest BCUT2D eigenvalue weighted by Crippen LogP contribution is 2.25. The molecule has 6 nitrogen and oxygen atoms in total. The molecule has 0 aliphatic heterocycles. The largest absolute Gasteiger partial charge is 0.497 e. The predicted molar refractivity (Wildman–Crippen MR) is 73.0 cm³/mol. The van der Waals surface area contributed by atoms with Crippen LogP contribution in [0.15, 0.2) is 29.6 Å². The van der Waals surface area contributed by atoms with Crippen LogP contribution in [0, 0.1) is 0 Å². The highest BCUT2D eigenvalue weighted by molar-refractivity contribution is 7.13. The molecule has 1 aromatic carbocycles. The number of thiazole rings is 1. The number of anilines is 2. The van der Waals surface area contributed by atoms with Gasteiger partial charge in [-0.1, -0.05) is 6.07 Å². The molecule has 4 N–H and O–H groups in total. The molecular formula is C12H13N3O3S. The van der Waals surface area contributed by atoms with Crippen molar-refractivity contribution < 1.29 is 14.6 Å². The highest BCUT2D eigenvalue weighted by atomic mass is 32.1. The summed E-state index contributed by atoms with van der Waals surface area (Å²) in [4.78, 5) is 14.9. The fraction of sp³-hybridized carbons (Fsp3) is 0.167. The van der Waals surface area contributed by atoms with E-state index in [4.69, 9.17) is 15.6 Å². The minimum Gasteiger partial charge on any atom is -0.497 e. The first-order valence-corrected chi connectivity index (χ1v) is 6.33. The number of carbonyl (C=O) groups is 1. The van der Waals surface area contributed by atoms with E-state index >= 15 is 0 Å². The van der Waals surface area contributed by atoms with E-state index in [0.717, 1.165) is 11.4 Å². The van der Waals surface area contributed by atoms with Crippen LogP contribution >= 0.6 is 11.3 Å². The molecule has 0 aliphatic rings. The fourth-order valence-electron chi connectivity index (χ4n) is 1.44. The van der Waals surface area contributed by atoms with E-state index in [1.54, 1.807) is 12.5 Å². The highest BCUT2D eigenvalue weighted by Gasteiger charge is 2.17. The summed E-state index contributed by atoms with van der Waals surface area (Å²) < 4.78 is 5.11. The quantitative estimate of drug-likeness (QED) is 0.774. The average molecular weight is 279 g/mol. The van der Waals surface area contributed by atoms with E-state index in [2.05, 4.69) is 10.3 Å². The average Bonchev–Trinajstić information content (AvgIpc) is 2.86. The predicted octanol–water partition coefficient (Wildman–Crippen LogP) is 1.98. The van der Waals surface area contributed by atoms with Crippen molar-refractivity contribution in [1.29, 1.82) is 0 Å². The minimum atomic E-state index is -1.10. The Morgan fingerprint density at radius 3 is 3.05 bits per heavy atom. The zero-order valence-electron chi connectivity index (χ0n) is 10.2. The first kappa shape index (κ1) is 13.3. The van der Waals surface area contributed by atoms with Crippen molar-refractivity contribution in [2.24, 2.45) is 5.73 Å². The van der Waals surface area contributed by atoms with Gasteiger partial charge in [-0.15, -0.1) is 11.3 Å². The topological polar surface area (TPSA) is 97.5 Å². The fourth-order valence-corrected chi connectivity index (χ4v) is 2.20. The lowest BCUT2D eigenvalue weighted by Crippen LogP contribution is -2.20. The van der Waals surface area contributed by atoms with Crippen molar-refractivity contribution in [3.63, 3.8) is 0 Å². The lowest BCUT2D eigenvalue weighted by atomic mass is 10.2. The van der Waals surface area contributed by atoms with Crippen LogP contribution in [0.2, 0.25) is 0 Å². The zero-order valence-corrected chi connectivity index (χ0v) is 11.0. The summed E-state index contributed by atoms with van der Waals surface area (Å²) in [6.45, 7) is 0. The van der Waals surface area contributed by atoms with E-state index in [9.17, 15) is 4.79 Å². The number of rotatable bonds is 5. The van der Waals surface area contributed by atoms with Crippen LogP contribution in [0.4, 0.5) is 10.8 Å². The summed E-state index contributed by atoms with van der Waals surface area (Å²) in [5.74, 6) is -0.373. The molecule has 100 valence electrons. The lowest BCUT2D eigenvalue weighted by Gasteiger charge is -2.05. The summed E-state index contributed by atoms with van der Waals surface area (Å²) >= 11 is 1.30. The summed E-state index contributed by atoms with van der Waals surface area (Å²) in [6.07, 6.45) is 0. The van der Waals surface area contributed by atoms with Crippen molar-refractivity contribution in [3.8, 4) is 5.75 Å². The van der Waals surface area contributed by atoms with Crippen molar-refractivity contribution in [2.75, 3.05) is 12.4 Å². The van der Waals surface area contributed by atoms with Crippen molar-refractivity contribution in [1.82, 2.24) is 4.98 Å². The molecule has 0 amide bonds. The second-order valence-electron chi connectivity index (χ2n) is 3.75. The van der Waals surface area contributed by atoms with Gasteiger partial charge in [-0.05, 0) is 12.1 Å². The second kappa shape index (κ2) is 5.68. The van der Waals surface area contributed by atoms with Gasteiger partial charge in [0, 0.05) is 17.1 Å². The molecule has 1 atom stereocenters. The van der Waals surface area contributed by atoms with Gasteiger partial charge in [0.25, 0.3) is 0 Å². The number of aromatic nitrogens is 1. The van der Waals surface area contributed by atoms with Crippen LogP contribution in [-0.4, -0.2) is 23.2 Å². The van der Waals surface area contributed by atoms with Crippen molar-refractivity contribution in [2.45, 2.75) is 6.04 Å². The van der Waals surface area contributed by atoms with Gasteiger partial charge in [0.15, 0.2) is 5.13 Å². The third kappa shape index (κ3) is 3.21. The van der Waals surface area contributed by atoms with E-state index < -0.39 is 12.0 Å². The maximum atomic E-state index is 10.8. The first-order chi connectivity index (χ1) is 9.10. The number of aliphatic carboxylic acids is 1. The molecular weight excluding hydrogens is 266 g/mol. The summed E-state index contributed by atoms with van der Waals surface area (Å²) in [7, 11) is 1.59. The van der Waals surface area contributed by atoms with Gasteiger partial charge in [-0.2, -0.15) is 0 Å². The third-order valence-corrected chi connectivity index (χ3v) is 3.20. The van der Waals surface area contributed by atoms with Crippen LogP contribution in [0.3, 0.4) is 0 Å². The molecule has 0 saturated heterocycles. The van der Waals surface area contributed by atoms with Gasteiger partial charge in [0.2, 0.25) is 0 Å². The zero-order chi connectivity index (χ0) is 13.8. The van der Waals surface area contributed by atoms with E-state index in [1.165, 1.54) is 11.3 Å². The van der Waals surface area contributed by atoms with E-state index in [0.29, 0.717) is 10.8 Å². The number of hydrogen-bond donors (Lipinski definition) is 3. The van der Waals surface area contributed by atoms with Crippen LogP contribution in [0.1, 0.15) is 11.7 Å². The number of carboxylic acids is 1. The van der Waals surface area contributed by atoms with E-state index in [-0.39, 0.29) is 0 Å². The maximum absolute atomic E-state index is 10.8. The Kier molecular flexibility index (Phi) is 3.98. The molecule has 1 unspecified atom stereocenters. The molecule has 7 heteroatoms. The number of carboxylic acid groups (broad SMARTS) is 1. The Labute approximate surface area is 113 Å². The summed E-state index contributed by atoms with van der Waals surface area (Å²) in [6, 6.07) is 6.26. The third-order valence-electron chi connectivity index (χ3n) is 2.43. The summed E-state index contributed by atoms with van der Waals surface area (Å²) in [5.41, 5.74) is 6.63. The molecule has 19 heavy (non-hydrogen) atoms. The molecule has 1 aromatic heterocycles. The Hall–Kier alpha value is -2.12. The number of benzene rings is 1. The molecule has 0 spiro atoms. The number of nitrogens with zero attached hydrogens (tertiary/aromatic N) is 1. The molecule has 1 heterocycles. The molecule has 0 aliphatic carbocycles. The monoisotopic (exact) mass is 279 g/mol. The number of nitrogens with two attached hydrogens (primary N) is 1. The Morgan fingerprint density at radius 2 is 2.37 bits per heavy atom. The van der Waals surface area contributed by atoms with Crippen molar-refractivity contribution in [3.05, 3.63) is 35.3 Å². The SMILES string of the molecule is COc1cccc(Nc2nc(C(N)C(=O)O)cs2)c1.